The van der Waals surface area contributed by atoms with E-state index in [1.165, 1.54) is 32.4 Å². The van der Waals surface area contributed by atoms with Gasteiger partial charge in [-0.3, -0.25) is 10.1 Å². The van der Waals surface area contributed by atoms with Crippen molar-refractivity contribution in [2.45, 2.75) is 24.8 Å². The minimum absolute atomic E-state index is 0.00676. The molecule has 0 atom stereocenters. The molecule has 5 rings (SSSR count). The number of methoxy groups -OCH3 is 1. The van der Waals surface area contributed by atoms with Crippen molar-refractivity contribution in [3.63, 3.8) is 0 Å². The molecule has 0 unspecified atom stereocenters. The normalized spacial score (nSPS) is 21.1. The number of nitrogens with zero attached hydrogens (tertiary/aromatic N) is 5. The Morgan fingerprint density at radius 2 is 2.00 bits per heavy atom. The average molecular weight is 428 g/mol. The number of aromatic nitrogens is 2. The van der Waals surface area contributed by atoms with E-state index in [1.54, 1.807) is 12.3 Å². The molecule has 1 aromatic heterocycles. The second-order valence-corrected chi connectivity index (χ2v) is 8.80. The molecule has 2 bridgehead atoms. The van der Waals surface area contributed by atoms with Gasteiger partial charge in [-0.1, -0.05) is 0 Å². The molecule has 0 aliphatic heterocycles. The van der Waals surface area contributed by atoms with Crippen LogP contribution in [-0.4, -0.2) is 66.7 Å². The number of anilines is 4. The lowest BCUT2D eigenvalue weighted by Gasteiger charge is -2.62. The highest BCUT2D eigenvalue weighted by Gasteiger charge is 2.56. The second kappa shape index (κ2) is 8.18. The van der Waals surface area contributed by atoms with Crippen molar-refractivity contribution in [2.24, 2.45) is 5.92 Å². The molecule has 3 fully saturated rings. The molecule has 166 valence electrons. The van der Waals surface area contributed by atoms with E-state index in [0.717, 1.165) is 18.3 Å². The van der Waals surface area contributed by atoms with Gasteiger partial charge in [0, 0.05) is 44.0 Å². The molecule has 0 radical (unpaired) electrons. The molecule has 3 saturated carbocycles. The van der Waals surface area contributed by atoms with Gasteiger partial charge in [0.2, 0.25) is 5.95 Å². The van der Waals surface area contributed by atoms with Crippen molar-refractivity contribution in [1.82, 2.24) is 14.9 Å². The third-order valence-electron chi connectivity index (χ3n) is 6.12. The molecule has 0 spiro atoms. The largest absolute Gasteiger partial charge is 0.494 e. The molecule has 31 heavy (non-hydrogen) atoms. The molecule has 2 N–H and O–H groups in total. The lowest BCUT2D eigenvalue weighted by Crippen LogP contribution is -2.63. The van der Waals surface area contributed by atoms with Crippen LogP contribution < -0.4 is 20.3 Å². The van der Waals surface area contributed by atoms with Crippen molar-refractivity contribution >= 4 is 28.8 Å². The van der Waals surface area contributed by atoms with Gasteiger partial charge in [-0.05, 0) is 45.3 Å². The first-order valence-corrected chi connectivity index (χ1v) is 10.4. The van der Waals surface area contributed by atoms with Gasteiger partial charge in [-0.15, -0.1) is 0 Å². The van der Waals surface area contributed by atoms with E-state index in [0.29, 0.717) is 29.6 Å². The van der Waals surface area contributed by atoms with Crippen LogP contribution in [0.2, 0.25) is 0 Å². The second-order valence-electron chi connectivity index (χ2n) is 8.80. The number of nitro benzene ring substituents is 1. The number of nitro groups is 1. The van der Waals surface area contributed by atoms with Crippen molar-refractivity contribution in [3.05, 3.63) is 34.5 Å². The van der Waals surface area contributed by atoms with Crippen molar-refractivity contribution in [2.75, 3.05) is 56.9 Å². The Morgan fingerprint density at radius 3 is 2.58 bits per heavy atom. The minimum Gasteiger partial charge on any atom is -0.494 e. The van der Waals surface area contributed by atoms with Crippen LogP contribution in [0.4, 0.5) is 28.8 Å². The summed E-state index contributed by atoms with van der Waals surface area (Å²) < 4.78 is 5.52. The summed E-state index contributed by atoms with van der Waals surface area (Å²) in [7, 11) is 7.30. The molecular formula is C21H29N7O3. The van der Waals surface area contributed by atoms with Crippen LogP contribution in [0.3, 0.4) is 0 Å². The molecule has 1 heterocycles. The van der Waals surface area contributed by atoms with Gasteiger partial charge in [-0.25, -0.2) is 4.98 Å². The van der Waals surface area contributed by atoms with Crippen LogP contribution in [0.1, 0.15) is 19.3 Å². The van der Waals surface area contributed by atoms with Crippen molar-refractivity contribution in [3.8, 4) is 5.75 Å². The zero-order chi connectivity index (χ0) is 22.2. The van der Waals surface area contributed by atoms with Gasteiger partial charge in [0.15, 0.2) is 0 Å². The van der Waals surface area contributed by atoms with E-state index in [9.17, 15) is 10.1 Å². The van der Waals surface area contributed by atoms with E-state index in [4.69, 9.17) is 4.74 Å². The maximum absolute atomic E-state index is 11.8. The van der Waals surface area contributed by atoms with Gasteiger partial charge in [0.1, 0.15) is 17.3 Å². The highest BCUT2D eigenvalue weighted by molar-refractivity contribution is 5.76. The summed E-state index contributed by atoms with van der Waals surface area (Å²) in [5.74, 6) is 2.46. The SMILES string of the molecule is COc1cc(N(C)CCN(C)C)c([N+](=O)[O-])cc1Nc1nccc(NC23CC(C2)C3)n1. The highest BCUT2D eigenvalue weighted by atomic mass is 16.6. The van der Waals surface area contributed by atoms with Crippen molar-refractivity contribution < 1.29 is 9.66 Å². The number of ether oxygens (including phenoxy) is 1. The quantitative estimate of drug-likeness (QED) is 0.437. The monoisotopic (exact) mass is 427 g/mol. The number of benzene rings is 1. The molecule has 0 saturated heterocycles. The Morgan fingerprint density at radius 1 is 1.26 bits per heavy atom. The average Bonchev–Trinajstić information content (AvgIpc) is 2.68. The smallest absolute Gasteiger partial charge is 0.294 e. The summed E-state index contributed by atoms with van der Waals surface area (Å²) >= 11 is 0. The fraction of sp³-hybridized carbons (Fsp3) is 0.524. The van der Waals surface area contributed by atoms with Gasteiger partial charge < -0.3 is 25.2 Å². The number of hydrogen-bond acceptors (Lipinski definition) is 9. The first kappa shape index (κ1) is 21.1. The van der Waals surface area contributed by atoms with Crippen molar-refractivity contribution in [1.29, 1.82) is 0 Å². The summed E-state index contributed by atoms with van der Waals surface area (Å²) in [6, 6.07) is 5.00. The summed E-state index contributed by atoms with van der Waals surface area (Å²) in [6.07, 6.45) is 5.27. The summed E-state index contributed by atoms with van der Waals surface area (Å²) in [6.45, 7) is 1.41. The molecular weight excluding hydrogens is 398 g/mol. The van der Waals surface area contributed by atoms with E-state index < -0.39 is 0 Å². The fourth-order valence-electron chi connectivity index (χ4n) is 4.26. The predicted octanol–water partition coefficient (Wildman–Crippen LogP) is 3.10. The zero-order valence-corrected chi connectivity index (χ0v) is 18.4. The number of nitrogens with one attached hydrogen (secondary N) is 2. The van der Waals surface area contributed by atoms with Crippen LogP contribution in [0.15, 0.2) is 24.4 Å². The van der Waals surface area contributed by atoms with Gasteiger partial charge in [0.25, 0.3) is 5.69 Å². The predicted molar refractivity (Wildman–Crippen MR) is 120 cm³/mol. The maximum atomic E-state index is 11.8. The summed E-state index contributed by atoms with van der Waals surface area (Å²) in [5, 5.41) is 18.4. The standard InChI is InChI=1S/C21H29N7O3/c1-26(2)7-8-27(3)16-10-18(31-4)15(9-17(16)28(29)30)23-20-22-6-5-19(24-20)25-21-11-14(12-21)13-21/h5-6,9-10,14H,7-8,11-13H2,1-4H3,(H2,22,23,24,25). The lowest BCUT2D eigenvalue weighted by molar-refractivity contribution is -0.384. The van der Waals surface area contributed by atoms with E-state index in [2.05, 4.69) is 20.6 Å². The summed E-state index contributed by atoms with van der Waals surface area (Å²) in [5.41, 5.74) is 1.13. The molecule has 10 nitrogen and oxygen atoms in total. The zero-order valence-electron chi connectivity index (χ0n) is 18.4. The number of rotatable bonds is 10. The number of likely N-dealkylation sites (N-methyl/N-ethyl adjacent to an activating group) is 2. The third kappa shape index (κ3) is 4.34. The van der Waals surface area contributed by atoms with Crippen LogP contribution in [-0.2, 0) is 0 Å². The molecule has 3 aliphatic rings. The maximum Gasteiger partial charge on any atom is 0.294 e. The van der Waals surface area contributed by atoms with Crippen LogP contribution in [0, 0.1) is 16.0 Å². The molecule has 2 aromatic rings. The Kier molecular flexibility index (Phi) is 5.57. The van der Waals surface area contributed by atoms with Crippen LogP contribution >= 0.6 is 0 Å². The van der Waals surface area contributed by atoms with Crippen LogP contribution in [0.5, 0.6) is 5.75 Å². The summed E-state index contributed by atoms with van der Waals surface area (Å²) in [4.78, 5) is 24.1. The van der Waals surface area contributed by atoms with E-state index >= 15 is 0 Å². The third-order valence-corrected chi connectivity index (χ3v) is 6.12. The van der Waals surface area contributed by atoms with Gasteiger partial charge in [-0.2, -0.15) is 4.98 Å². The minimum atomic E-state index is -0.381. The van der Waals surface area contributed by atoms with E-state index in [-0.39, 0.29) is 16.1 Å². The fourth-order valence-corrected chi connectivity index (χ4v) is 4.26. The molecule has 10 heteroatoms. The number of hydrogen-bond donors (Lipinski definition) is 2. The van der Waals surface area contributed by atoms with E-state index in [1.807, 2.05) is 37.0 Å². The molecule has 1 aromatic carbocycles. The van der Waals surface area contributed by atoms with Crippen LogP contribution in [0.25, 0.3) is 0 Å². The Balaban J connectivity index is 1.57. The molecule has 0 amide bonds. The Hall–Kier alpha value is -3.14. The Bertz CT molecular complexity index is 964. The topological polar surface area (TPSA) is 109 Å². The first-order chi connectivity index (χ1) is 14.8. The highest BCUT2D eigenvalue weighted by Crippen LogP contribution is 2.58. The lowest BCUT2D eigenvalue weighted by atomic mass is 9.50. The molecule has 3 aliphatic carbocycles. The van der Waals surface area contributed by atoms with Gasteiger partial charge >= 0.3 is 0 Å². The Labute approximate surface area is 181 Å². The first-order valence-electron chi connectivity index (χ1n) is 10.4. The van der Waals surface area contributed by atoms with Gasteiger partial charge in [0.05, 0.1) is 17.7 Å².